The third-order valence-corrected chi connectivity index (χ3v) is 7.17. The summed E-state index contributed by atoms with van der Waals surface area (Å²) in [4.78, 5) is 46.0. The van der Waals surface area contributed by atoms with Gasteiger partial charge in [-0.3, -0.25) is 9.59 Å². The number of H-pyrrole nitrogens is 1. The second kappa shape index (κ2) is 7.71. The second-order valence-corrected chi connectivity index (χ2v) is 9.37. The Kier molecular flexibility index (Phi) is 4.72. The van der Waals surface area contributed by atoms with Crippen LogP contribution in [0.25, 0.3) is 10.9 Å². The molecule has 0 radical (unpaired) electrons. The SMILES string of the molecule is CC12C(=O)N(c3ccc(C(=O)Nc4cccc(Cl)c4)cc3)C(=O)N1CCc1c2[nH]c2ccccc12. The quantitative estimate of drug-likeness (QED) is 0.386. The molecule has 2 N–H and O–H groups in total. The van der Waals surface area contributed by atoms with Crippen molar-refractivity contribution in [2.75, 3.05) is 16.8 Å². The van der Waals surface area contributed by atoms with Crippen LogP contribution < -0.4 is 10.2 Å². The van der Waals surface area contributed by atoms with Gasteiger partial charge in [0.15, 0.2) is 5.54 Å². The topological polar surface area (TPSA) is 85.5 Å². The average Bonchev–Trinajstić information content (AvgIpc) is 3.33. The van der Waals surface area contributed by atoms with Gasteiger partial charge in [-0.15, -0.1) is 0 Å². The van der Waals surface area contributed by atoms with Crippen molar-refractivity contribution in [2.45, 2.75) is 18.9 Å². The van der Waals surface area contributed by atoms with Gasteiger partial charge >= 0.3 is 6.03 Å². The Bertz CT molecular complexity index is 1530. The summed E-state index contributed by atoms with van der Waals surface area (Å²) in [5.74, 6) is -0.629. The smallest absolute Gasteiger partial charge is 0.332 e. The van der Waals surface area contributed by atoms with Crippen molar-refractivity contribution in [2.24, 2.45) is 0 Å². The van der Waals surface area contributed by atoms with Gasteiger partial charge in [0.05, 0.1) is 11.4 Å². The third-order valence-electron chi connectivity index (χ3n) is 6.94. The minimum atomic E-state index is -1.12. The predicted molar refractivity (Wildman–Crippen MR) is 135 cm³/mol. The predicted octanol–water partition coefficient (Wildman–Crippen LogP) is 5.31. The minimum absolute atomic E-state index is 0.314. The fraction of sp³-hybridized carbons (Fsp3) is 0.148. The van der Waals surface area contributed by atoms with Crippen LogP contribution in [0.5, 0.6) is 0 Å². The first-order valence-corrected chi connectivity index (χ1v) is 11.7. The minimum Gasteiger partial charge on any atom is -0.356 e. The maximum atomic E-state index is 13.8. The molecule has 4 aromatic rings. The summed E-state index contributed by atoms with van der Waals surface area (Å²) in [6.07, 6.45) is 0.671. The van der Waals surface area contributed by atoms with Gasteiger partial charge in [-0.25, -0.2) is 9.69 Å². The molecule has 2 aliphatic heterocycles. The zero-order valence-electron chi connectivity index (χ0n) is 18.8. The monoisotopic (exact) mass is 484 g/mol. The summed E-state index contributed by atoms with van der Waals surface area (Å²) < 4.78 is 0. The first-order chi connectivity index (χ1) is 16.9. The van der Waals surface area contributed by atoms with Gasteiger partial charge in [-0.2, -0.15) is 0 Å². The van der Waals surface area contributed by atoms with E-state index < -0.39 is 5.54 Å². The van der Waals surface area contributed by atoms with Crippen molar-refractivity contribution in [3.63, 3.8) is 0 Å². The number of aromatic amines is 1. The molecule has 0 aliphatic carbocycles. The molecule has 3 heterocycles. The van der Waals surface area contributed by atoms with Crippen LogP contribution in [0.2, 0.25) is 5.02 Å². The summed E-state index contributed by atoms with van der Waals surface area (Å²) in [7, 11) is 0. The number of hydrogen-bond acceptors (Lipinski definition) is 3. The Morgan fingerprint density at radius 2 is 1.80 bits per heavy atom. The molecule has 35 heavy (non-hydrogen) atoms. The highest BCUT2D eigenvalue weighted by Gasteiger charge is 2.58. The van der Waals surface area contributed by atoms with Crippen LogP contribution in [0.4, 0.5) is 16.2 Å². The first kappa shape index (κ1) is 21.4. The van der Waals surface area contributed by atoms with Crippen LogP contribution in [0.1, 0.15) is 28.5 Å². The number of carbonyl (C=O) groups excluding carboxylic acids is 3. The Balaban J connectivity index is 1.31. The Labute approximate surface area is 206 Å². The first-order valence-electron chi connectivity index (χ1n) is 11.3. The van der Waals surface area contributed by atoms with E-state index in [0.717, 1.165) is 22.2 Å². The van der Waals surface area contributed by atoms with Crippen LogP contribution in [-0.2, 0) is 16.8 Å². The number of rotatable bonds is 3. The van der Waals surface area contributed by atoms with Gasteiger partial charge in [-0.1, -0.05) is 35.9 Å². The summed E-state index contributed by atoms with van der Waals surface area (Å²) in [6, 6.07) is 20.9. The summed E-state index contributed by atoms with van der Waals surface area (Å²) >= 11 is 5.99. The molecule has 8 heteroatoms. The molecule has 1 saturated heterocycles. The highest BCUT2D eigenvalue weighted by Crippen LogP contribution is 2.45. The number of aromatic nitrogens is 1. The van der Waals surface area contributed by atoms with E-state index >= 15 is 0 Å². The lowest BCUT2D eigenvalue weighted by atomic mass is 9.87. The maximum absolute atomic E-state index is 13.8. The normalized spacial score (nSPS) is 19.1. The number of urea groups is 1. The lowest BCUT2D eigenvalue weighted by Crippen LogP contribution is -2.49. The van der Waals surface area contributed by atoms with Crippen LogP contribution >= 0.6 is 11.6 Å². The number of fused-ring (bicyclic) bond motifs is 5. The van der Waals surface area contributed by atoms with Gasteiger partial charge in [0.25, 0.3) is 11.8 Å². The Morgan fingerprint density at radius 1 is 1.03 bits per heavy atom. The number of carbonyl (C=O) groups is 3. The molecule has 1 fully saturated rings. The highest BCUT2D eigenvalue weighted by molar-refractivity contribution is 6.31. The Morgan fingerprint density at radius 3 is 2.57 bits per heavy atom. The molecule has 2 aliphatic rings. The highest BCUT2D eigenvalue weighted by atomic mass is 35.5. The van der Waals surface area contributed by atoms with Crippen LogP contribution in [0, 0.1) is 0 Å². The molecule has 1 unspecified atom stereocenters. The number of nitrogens with zero attached hydrogens (tertiary/aromatic N) is 2. The third kappa shape index (κ3) is 3.15. The number of anilines is 2. The molecule has 1 aromatic heterocycles. The standard InChI is InChI=1S/C27H21ClN4O3/c1-27-23-21(20-7-2-3-8-22(20)30-23)13-14-31(27)26(35)32(25(27)34)19-11-9-16(10-12-19)24(33)29-18-6-4-5-17(28)15-18/h2-12,15,30H,13-14H2,1H3,(H,29,33). The molecule has 0 bridgehead atoms. The number of halogens is 1. The molecular weight excluding hydrogens is 464 g/mol. The van der Waals surface area contributed by atoms with Crippen LogP contribution in [0.3, 0.4) is 0 Å². The van der Waals surface area contributed by atoms with E-state index in [1.165, 1.54) is 4.90 Å². The van der Waals surface area contributed by atoms with Crippen LogP contribution in [0.15, 0.2) is 72.8 Å². The van der Waals surface area contributed by atoms with Crippen molar-refractivity contribution in [1.82, 2.24) is 9.88 Å². The molecule has 4 amide bonds. The fourth-order valence-electron chi connectivity index (χ4n) is 5.15. The molecule has 174 valence electrons. The van der Waals surface area contributed by atoms with Gasteiger partial charge < -0.3 is 15.2 Å². The fourth-order valence-corrected chi connectivity index (χ4v) is 5.34. The van der Waals surface area contributed by atoms with Gasteiger partial charge in [0, 0.05) is 33.7 Å². The van der Waals surface area contributed by atoms with E-state index in [0.29, 0.717) is 34.9 Å². The summed E-state index contributed by atoms with van der Waals surface area (Å²) in [6.45, 7) is 2.25. The van der Waals surface area contributed by atoms with Crippen LogP contribution in [-0.4, -0.2) is 34.3 Å². The van der Waals surface area contributed by atoms with E-state index in [4.69, 9.17) is 11.6 Å². The number of nitrogens with one attached hydrogen (secondary N) is 2. The van der Waals surface area contributed by atoms with E-state index in [1.807, 2.05) is 24.3 Å². The number of amides is 4. The van der Waals surface area contributed by atoms with Crippen molar-refractivity contribution in [3.8, 4) is 0 Å². The zero-order valence-corrected chi connectivity index (χ0v) is 19.6. The van der Waals surface area contributed by atoms with Crippen molar-refractivity contribution in [1.29, 1.82) is 0 Å². The number of para-hydroxylation sites is 1. The van der Waals surface area contributed by atoms with Gasteiger partial charge in [0.2, 0.25) is 0 Å². The van der Waals surface area contributed by atoms with E-state index in [9.17, 15) is 14.4 Å². The average molecular weight is 485 g/mol. The maximum Gasteiger partial charge on any atom is 0.332 e. The van der Waals surface area contributed by atoms with Gasteiger partial charge in [-0.05, 0) is 67.4 Å². The molecule has 6 rings (SSSR count). The largest absolute Gasteiger partial charge is 0.356 e. The molecule has 0 saturated carbocycles. The molecule has 3 aromatic carbocycles. The molecule has 7 nitrogen and oxygen atoms in total. The molecular formula is C27H21ClN4O3. The molecule has 0 spiro atoms. The lowest BCUT2D eigenvalue weighted by Gasteiger charge is -2.35. The number of imide groups is 1. The lowest BCUT2D eigenvalue weighted by molar-refractivity contribution is -0.125. The molecule has 1 atom stereocenters. The van der Waals surface area contributed by atoms with Crippen molar-refractivity contribution < 1.29 is 14.4 Å². The Hall–Kier alpha value is -4.10. The zero-order chi connectivity index (χ0) is 24.3. The second-order valence-electron chi connectivity index (χ2n) is 8.93. The number of benzene rings is 3. The van der Waals surface area contributed by atoms with Crippen molar-refractivity contribution >= 4 is 51.7 Å². The van der Waals surface area contributed by atoms with E-state index in [2.05, 4.69) is 10.3 Å². The van der Waals surface area contributed by atoms with Gasteiger partial charge in [0.1, 0.15) is 0 Å². The van der Waals surface area contributed by atoms with E-state index in [-0.39, 0.29) is 17.8 Å². The van der Waals surface area contributed by atoms with E-state index in [1.54, 1.807) is 60.4 Å². The summed E-state index contributed by atoms with van der Waals surface area (Å²) in [5.41, 5.74) is 3.08. The van der Waals surface area contributed by atoms with Crippen molar-refractivity contribution in [3.05, 3.63) is 94.6 Å². The number of hydrogen-bond donors (Lipinski definition) is 2. The summed E-state index contributed by atoms with van der Waals surface area (Å²) in [5, 5.41) is 4.39.